The van der Waals surface area contributed by atoms with Crippen molar-refractivity contribution in [1.29, 1.82) is 0 Å². The van der Waals surface area contributed by atoms with Crippen LogP contribution in [0.25, 0.3) is 21.7 Å². The van der Waals surface area contributed by atoms with Crippen LogP contribution < -0.4 is 10.6 Å². The first-order valence-electron chi connectivity index (χ1n) is 9.15. The van der Waals surface area contributed by atoms with Crippen LogP contribution in [-0.2, 0) is 4.79 Å². The minimum atomic E-state index is -0.368. The fourth-order valence-electron chi connectivity index (χ4n) is 3.32. The summed E-state index contributed by atoms with van der Waals surface area (Å²) in [7, 11) is 0. The molecule has 27 heavy (non-hydrogen) atoms. The quantitative estimate of drug-likeness (QED) is 0.511. The molecule has 0 aliphatic carbocycles. The molecule has 0 aliphatic heterocycles. The van der Waals surface area contributed by atoms with Gasteiger partial charge in [0.15, 0.2) is 0 Å². The van der Waals surface area contributed by atoms with Crippen LogP contribution in [0.2, 0.25) is 0 Å². The molecular formula is C23H22N2O2. The number of nitrogens with one attached hydrogen (secondary N) is 2. The summed E-state index contributed by atoms with van der Waals surface area (Å²) >= 11 is 0. The number of hydrogen-bond acceptors (Lipinski definition) is 3. The van der Waals surface area contributed by atoms with Crippen molar-refractivity contribution in [2.75, 3.05) is 5.32 Å². The Morgan fingerprint density at radius 3 is 2.41 bits per heavy atom. The van der Waals surface area contributed by atoms with E-state index in [1.54, 1.807) is 0 Å². The third kappa shape index (κ3) is 3.57. The van der Waals surface area contributed by atoms with Gasteiger partial charge < -0.3 is 9.73 Å². The molecule has 4 aromatic rings. The Labute approximate surface area is 158 Å². The topological polar surface area (TPSA) is 54.3 Å². The minimum Gasteiger partial charge on any atom is -0.459 e. The Morgan fingerprint density at radius 1 is 0.889 bits per heavy atom. The molecule has 0 bridgehead atoms. The average Bonchev–Trinajstić information content (AvgIpc) is 3.12. The second-order valence-electron chi connectivity index (χ2n) is 6.81. The first-order chi connectivity index (χ1) is 13.1. The van der Waals surface area contributed by atoms with Crippen LogP contribution in [0.1, 0.15) is 25.6 Å². The molecule has 1 amide bonds. The lowest BCUT2D eigenvalue weighted by Gasteiger charge is -2.18. The molecular weight excluding hydrogens is 336 g/mol. The Kier molecular flexibility index (Phi) is 4.65. The monoisotopic (exact) mass is 358 g/mol. The largest absolute Gasteiger partial charge is 0.459 e. The van der Waals surface area contributed by atoms with Crippen molar-refractivity contribution in [1.82, 2.24) is 5.32 Å². The van der Waals surface area contributed by atoms with E-state index in [4.69, 9.17) is 4.42 Å². The van der Waals surface area contributed by atoms with E-state index in [1.807, 2.05) is 86.6 Å². The van der Waals surface area contributed by atoms with Crippen LogP contribution >= 0.6 is 0 Å². The third-order valence-electron chi connectivity index (χ3n) is 4.81. The van der Waals surface area contributed by atoms with E-state index in [0.29, 0.717) is 0 Å². The molecule has 0 spiro atoms. The summed E-state index contributed by atoms with van der Waals surface area (Å²) in [5, 5.41) is 9.56. The molecule has 0 unspecified atom stereocenters. The van der Waals surface area contributed by atoms with Gasteiger partial charge in [-0.2, -0.15) is 0 Å². The standard InChI is InChI=1S/C23H22N2O2/c1-15(22-14-18-9-4-6-13-21(18)27-22)24-16(2)23(26)25-20-12-7-10-17-8-3-5-11-19(17)20/h3-16,24H,1-2H3,(H,25,26)/t15-,16-/m0/s1. The molecule has 3 aromatic carbocycles. The highest BCUT2D eigenvalue weighted by molar-refractivity contribution is 6.03. The van der Waals surface area contributed by atoms with Gasteiger partial charge >= 0.3 is 0 Å². The number of benzene rings is 3. The highest BCUT2D eigenvalue weighted by Crippen LogP contribution is 2.25. The summed E-state index contributed by atoms with van der Waals surface area (Å²) in [4.78, 5) is 12.7. The van der Waals surface area contributed by atoms with Crippen molar-refractivity contribution in [3.8, 4) is 0 Å². The summed E-state index contributed by atoms with van der Waals surface area (Å²) in [5.74, 6) is 0.746. The maximum Gasteiger partial charge on any atom is 0.241 e. The number of amides is 1. The fraction of sp³-hybridized carbons (Fsp3) is 0.174. The van der Waals surface area contributed by atoms with Gasteiger partial charge in [0.25, 0.3) is 0 Å². The summed E-state index contributed by atoms with van der Waals surface area (Å²) in [6.45, 7) is 3.86. The lowest BCUT2D eigenvalue weighted by Crippen LogP contribution is -2.39. The highest BCUT2D eigenvalue weighted by Gasteiger charge is 2.19. The van der Waals surface area contributed by atoms with E-state index in [-0.39, 0.29) is 18.0 Å². The number of fused-ring (bicyclic) bond motifs is 2. The zero-order chi connectivity index (χ0) is 18.8. The molecule has 0 radical (unpaired) electrons. The molecule has 0 saturated heterocycles. The zero-order valence-corrected chi connectivity index (χ0v) is 15.4. The van der Waals surface area contributed by atoms with E-state index in [1.165, 1.54) is 0 Å². The van der Waals surface area contributed by atoms with E-state index >= 15 is 0 Å². The molecule has 136 valence electrons. The first kappa shape index (κ1) is 17.3. The summed E-state index contributed by atoms with van der Waals surface area (Å²) in [6, 6.07) is 23.4. The molecule has 4 nitrogen and oxygen atoms in total. The van der Waals surface area contributed by atoms with Crippen molar-refractivity contribution < 1.29 is 9.21 Å². The number of anilines is 1. The predicted molar refractivity (Wildman–Crippen MR) is 110 cm³/mol. The van der Waals surface area contributed by atoms with Gasteiger partial charge in [0.1, 0.15) is 11.3 Å². The van der Waals surface area contributed by atoms with E-state index in [9.17, 15) is 4.79 Å². The van der Waals surface area contributed by atoms with Crippen LogP contribution in [0, 0.1) is 0 Å². The SMILES string of the molecule is C[C@H](N[C@@H](C)c1cc2ccccc2o1)C(=O)Nc1cccc2ccccc12. The van der Waals surface area contributed by atoms with Crippen LogP contribution in [0.5, 0.6) is 0 Å². The number of rotatable bonds is 5. The number of hydrogen-bond donors (Lipinski definition) is 2. The minimum absolute atomic E-state index is 0.0747. The Balaban J connectivity index is 1.47. The molecule has 0 aliphatic rings. The van der Waals surface area contributed by atoms with Gasteiger partial charge in [0.05, 0.1) is 12.1 Å². The Morgan fingerprint density at radius 2 is 1.59 bits per heavy atom. The molecule has 1 heterocycles. The second-order valence-corrected chi connectivity index (χ2v) is 6.81. The number of carbonyl (C=O) groups excluding carboxylic acids is 1. The number of furan rings is 1. The van der Waals surface area contributed by atoms with Crippen LogP contribution in [-0.4, -0.2) is 11.9 Å². The molecule has 0 saturated carbocycles. The van der Waals surface area contributed by atoms with Gasteiger partial charge in [-0.05, 0) is 37.4 Å². The van der Waals surface area contributed by atoms with Gasteiger partial charge in [-0.1, -0.05) is 54.6 Å². The van der Waals surface area contributed by atoms with Gasteiger partial charge in [-0.3, -0.25) is 10.1 Å². The molecule has 4 rings (SSSR count). The third-order valence-corrected chi connectivity index (χ3v) is 4.81. The lowest BCUT2D eigenvalue weighted by atomic mass is 10.1. The maximum atomic E-state index is 12.7. The van der Waals surface area contributed by atoms with Gasteiger partial charge in [0.2, 0.25) is 5.91 Å². The molecule has 4 heteroatoms. The zero-order valence-electron chi connectivity index (χ0n) is 15.4. The first-order valence-corrected chi connectivity index (χ1v) is 9.15. The van der Waals surface area contributed by atoms with Gasteiger partial charge in [-0.25, -0.2) is 0 Å². The number of carbonyl (C=O) groups is 1. The summed E-state index contributed by atoms with van der Waals surface area (Å²) in [6.07, 6.45) is 0. The van der Waals surface area contributed by atoms with Crippen molar-refractivity contribution in [2.24, 2.45) is 0 Å². The highest BCUT2D eigenvalue weighted by atomic mass is 16.3. The van der Waals surface area contributed by atoms with Crippen molar-refractivity contribution in [2.45, 2.75) is 25.9 Å². The van der Waals surface area contributed by atoms with E-state index in [0.717, 1.165) is 33.2 Å². The normalized spacial score (nSPS) is 13.6. The molecule has 2 atom stereocenters. The van der Waals surface area contributed by atoms with E-state index < -0.39 is 0 Å². The molecule has 1 aromatic heterocycles. The smallest absolute Gasteiger partial charge is 0.241 e. The van der Waals surface area contributed by atoms with Crippen molar-refractivity contribution >= 4 is 33.3 Å². The van der Waals surface area contributed by atoms with Crippen molar-refractivity contribution in [3.63, 3.8) is 0 Å². The van der Waals surface area contributed by atoms with Gasteiger partial charge in [0, 0.05) is 16.5 Å². The van der Waals surface area contributed by atoms with Crippen molar-refractivity contribution in [3.05, 3.63) is 78.6 Å². The average molecular weight is 358 g/mol. The summed E-state index contributed by atoms with van der Waals surface area (Å²) < 4.78 is 5.89. The van der Waals surface area contributed by atoms with Gasteiger partial charge in [-0.15, -0.1) is 0 Å². The predicted octanol–water partition coefficient (Wildman–Crippen LogP) is 5.26. The van der Waals surface area contributed by atoms with Crippen LogP contribution in [0.4, 0.5) is 5.69 Å². The Bertz CT molecular complexity index is 1060. The molecule has 0 fully saturated rings. The Hall–Kier alpha value is -3.11. The fourth-order valence-corrected chi connectivity index (χ4v) is 3.32. The van der Waals surface area contributed by atoms with Crippen LogP contribution in [0.15, 0.2) is 77.2 Å². The van der Waals surface area contributed by atoms with Crippen LogP contribution in [0.3, 0.4) is 0 Å². The summed E-state index contributed by atoms with van der Waals surface area (Å²) in [5.41, 5.74) is 1.68. The number of para-hydroxylation sites is 1. The molecule has 2 N–H and O–H groups in total. The maximum absolute atomic E-state index is 12.7. The lowest BCUT2D eigenvalue weighted by molar-refractivity contribution is -0.117. The second kappa shape index (κ2) is 7.25. The van der Waals surface area contributed by atoms with E-state index in [2.05, 4.69) is 10.6 Å².